The van der Waals surface area contributed by atoms with E-state index in [-0.39, 0.29) is 31.0 Å². The van der Waals surface area contributed by atoms with Crippen LogP contribution in [-0.4, -0.2) is 24.4 Å². The Kier molecular flexibility index (Phi) is 300. The summed E-state index contributed by atoms with van der Waals surface area (Å²) in [6.07, 6.45) is 0. The van der Waals surface area contributed by atoms with Crippen LogP contribution in [0.3, 0.4) is 0 Å². The number of hydrogen-bond acceptors (Lipinski definition) is 2. The van der Waals surface area contributed by atoms with Crippen molar-refractivity contribution in [3.8, 4) is 0 Å². The van der Waals surface area contributed by atoms with Gasteiger partial charge in [0.05, 0.1) is 0 Å². The molecule has 30 valence electrons. The summed E-state index contributed by atoms with van der Waals surface area (Å²) in [5.41, 5.74) is 0. The van der Waals surface area contributed by atoms with Crippen LogP contribution >= 0.6 is 0 Å². The summed E-state index contributed by atoms with van der Waals surface area (Å²) in [5.74, 6) is 0. The second kappa shape index (κ2) is 89.3. The maximum absolute atomic E-state index is 7.00. The van der Waals surface area contributed by atoms with Gasteiger partial charge in [-0.05, 0) is 0 Å². The van der Waals surface area contributed by atoms with Gasteiger partial charge < -0.3 is 11.6 Å². The maximum atomic E-state index is 7.00. The summed E-state index contributed by atoms with van der Waals surface area (Å²) in [6.45, 7) is 0. The second-order valence-corrected chi connectivity index (χ2v) is 0. The third-order valence-corrected chi connectivity index (χ3v) is 0. The van der Waals surface area contributed by atoms with Crippen molar-refractivity contribution in [1.29, 1.82) is 0 Å². The Bertz CT molecular complexity index is 11.5. The molecule has 2 nitrogen and oxygen atoms in total. The Morgan fingerprint density at radius 2 is 1.00 bits per heavy atom. The van der Waals surface area contributed by atoms with Gasteiger partial charge in [-0.2, -0.15) is 0 Å². The summed E-state index contributed by atoms with van der Waals surface area (Å²) in [4.78, 5) is 0. The minimum atomic E-state index is 0. The van der Waals surface area contributed by atoms with E-state index in [0.29, 0.717) is 0 Å². The molecular weight excluding hydrogens is 79.0 g/mol. The summed E-state index contributed by atoms with van der Waals surface area (Å²) in [7, 11) is 2.00. The fourth-order valence-electron chi connectivity index (χ4n) is 0. The van der Waals surface area contributed by atoms with Gasteiger partial charge in [0.25, 0.3) is 0 Å². The fraction of sp³-hybridized carbons (Fsp3) is 1.00. The first kappa shape index (κ1) is 16.8. The van der Waals surface area contributed by atoms with Crippen molar-refractivity contribution in [2.24, 2.45) is 0 Å². The normalized spacial score (nSPS) is 2.40. The Hall–Kier alpha value is 0.920. The molecule has 0 unspecified atom stereocenters. The van der Waals surface area contributed by atoms with Crippen molar-refractivity contribution >= 4 is 0 Å². The smallest absolute Gasteiger partial charge is 1.00 e. The monoisotopic (exact) mass is 88.1 g/mol. The van der Waals surface area contributed by atoms with Gasteiger partial charge in [-0.1, -0.05) is 0 Å². The summed E-state index contributed by atoms with van der Waals surface area (Å²) in [5, 5.41) is 14.0. The predicted molar refractivity (Wildman–Crippen MR) is 17.4 cm³/mol. The van der Waals surface area contributed by atoms with Gasteiger partial charge >= 0.3 is 29.6 Å². The zero-order valence-electron chi connectivity index (χ0n) is 4.89. The number of hydrogen-bond donors (Lipinski definition) is 2. The molecule has 0 aliphatic rings. The standard InChI is InChI=1S/2CH4O.Na.H/c2*1-2;;/h2*2H,1H3;;/q;;+1;-1. The van der Waals surface area contributed by atoms with Crippen LogP contribution in [0.15, 0.2) is 0 Å². The van der Waals surface area contributed by atoms with E-state index in [2.05, 4.69) is 0 Å². The van der Waals surface area contributed by atoms with Gasteiger partial charge in [-0.15, -0.1) is 0 Å². The molecular formula is C2H9NaO2. The van der Waals surface area contributed by atoms with Crippen LogP contribution < -0.4 is 29.6 Å². The van der Waals surface area contributed by atoms with Gasteiger partial charge in [0, 0.05) is 14.2 Å². The topological polar surface area (TPSA) is 40.5 Å². The molecule has 0 radical (unpaired) electrons. The molecule has 5 heavy (non-hydrogen) atoms. The van der Waals surface area contributed by atoms with E-state index in [9.17, 15) is 0 Å². The molecule has 0 heterocycles. The van der Waals surface area contributed by atoms with Crippen molar-refractivity contribution in [1.82, 2.24) is 0 Å². The SMILES string of the molecule is CO.CO.[H-].[Na+]. The maximum Gasteiger partial charge on any atom is 1.00 e. The Labute approximate surface area is 55.6 Å². The zero-order valence-corrected chi connectivity index (χ0v) is 5.89. The first-order valence-corrected chi connectivity index (χ1v) is 0.894. The van der Waals surface area contributed by atoms with Crippen LogP contribution in [0, 0.1) is 0 Å². The molecule has 0 atom stereocenters. The molecule has 0 aromatic heterocycles. The van der Waals surface area contributed by atoms with Crippen LogP contribution in [0.1, 0.15) is 1.43 Å². The van der Waals surface area contributed by atoms with Gasteiger partial charge in [-0.3, -0.25) is 0 Å². The van der Waals surface area contributed by atoms with Crippen molar-refractivity contribution in [2.75, 3.05) is 14.2 Å². The van der Waals surface area contributed by atoms with Crippen molar-refractivity contribution in [3.63, 3.8) is 0 Å². The minimum Gasteiger partial charge on any atom is -1.00 e. The quantitative estimate of drug-likeness (QED) is 0.300. The minimum absolute atomic E-state index is 0. The molecule has 0 fully saturated rings. The molecule has 0 rings (SSSR count). The van der Waals surface area contributed by atoms with Crippen molar-refractivity contribution in [2.45, 2.75) is 0 Å². The Morgan fingerprint density at radius 1 is 1.00 bits per heavy atom. The number of rotatable bonds is 0. The molecule has 0 aromatic carbocycles. The van der Waals surface area contributed by atoms with Crippen LogP contribution in [-0.2, 0) is 0 Å². The number of aliphatic hydroxyl groups excluding tert-OH is 2. The van der Waals surface area contributed by atoms with E-state index in [1.54, 1.807) is 0 Å². The van der Waals surface area contributed by atoms with Crippen molar-refractivity contribution in [3.05, 3.63) is 0 Å². The summed E-state index contributed by atoms with van der Waals surface area (Å²) >= 11 is 0. The Balaban J connectivity index is -0.00000000500. The van der Waals surface area contributed by atoms with Crippen LogP contribution in [0.25, 0.3) is 0 Å². The first-order chi connectivity index (χ1) is 2.00. The number of aliphatic hydroxyl groups is 2. The third-order valence-electron chi connectivity index (χ3n) is 0. The van der Waals surface area contributed by atoms with Gasteiger partial charge in [0.1, 0.15) is 0 Å². The second-order valence-electron chi connectivity index (χ2n) is 0. The predicted octanol–water partition coefficient (Wildman–Crippen LogP) is -3.67. The van der Waals surface area contributed by atoms with E-state index in [1.807, 2.05) is 0 Å². The van der Waals surface area contributed by atoms with E-state index >= 15 is 0 Å². The summed E-state index contributed by atoms with van der Waals surface area (Å²) < 4.78 is 0. The molecule has 0 amide bonds. The molecule has 0 aliphatic carbocycles. The van der Waals surface area contributed by atoms with E-state index in [4.69, 9.17) is 10.2 Å². The molecule has 2 N–H and O–H groups in total. The third kappa shape index (κ3) is 49.6. The van der Waals surface area contributed by atoms with Gasteiger partial charge in [-0.25, -0.2) is 0 Å². The summed E-state index contributed by atoms with van der Waals surface area (Å²) in [6, 6.07) is 0. The molecule has 3 heteroatoms. The largest absolute Gasteiger partial charge is 1.00 e. The molecule has 0 aliphatic heterocycles. The fourth-order valence-corrected chi connectivity index (χ4v) is 0. The van der Waals surface area contributed by atoms with Gasteiger partial charge in [0.2, 0.25) is 0 Å². The zero-order chi connectivity index (χ0) is 4.00. The average Bonchev–Trinajstić information content (AvgIpc) is 1.50. The molecule has 0 saturated carbocycles. The van der Waals surface area contributed by atoms with E-state index in [0.717, 1.165) is 14.2 Å². The van der Waals surface area contributed by atoms with Crippen LogP contribution in [0.4, 0.5) is 0 Å². The van der Waals surface area contributed by atoms with E-state index < -0.39 is 0 Å². The van der Waals surface area contributed by atoms with Crippen LogP contribution in [0.2, 0.25) is 0 Å². The molecule has 0 aromatic rings. The molecule has 0 bridgehead atoms. The van der Waals surface area contributed by atoms with Crippen molar-refractivity contribution < 1.29 is 41.2 Å². The molecule has 0 spiro atoms. The van der Waals surface area contributed by atoms with E-state index in [1.165, 1.54) is 0 Å². The average molecular weight is 88.1 g/mol. The molecule has 0 saturated heterocycles. The Morgan fingerprint density at radius 3 is 1.00 bits per heavy atom. The van der Waals surface area contributed by atoms with Crippen LogP contribution in [0.5, 0.6) is 0 Å². The van der Waals surface area contributed by atoms with Gasteiger partial charge in [0.15, 0.2) is 0 Å². The first-order valence-electron chi connectivity index (χ1n) is 0.894.